The normalized spacial score (nSPS) is 39.7. The van der Waals surface area contributed by atoms with Crippen LogP contribution < -0.4 is 5.32 Å². The molecule has 0 saturated heterocycles. The molecule has 0 radical (unpaired) electrons. The zero-order chi connectivity index (χ0) is 25.0. The van der Waals surface area contributed by atoms with Crippen LogP contribution in [0.2, 0.25) is 0 Å². The van der Waals surface area contributed by atoms with E-state index >= 15 is 0 Å². The van der Waals surface area contributed by atoms with Crippen molar-refractivity contribution in [2.75, 3.05) is 11.9 Å². The quantitative estimate of drug-likeness (QED) is 0.604. The molecule has 0 aliphatic heterocycles. The Balaban J connectivity index is 1.33. The fraction of sp³-hybridized carbons (Fsp3) is 0.556. The van der Waals surface area contributed by atoms with E-state index in [1.54, 1.807) is 30.5 Å². The number of hydrogen-bond acceptors (Lipinski definition) is 7. The van der Waals surface area contributed by atoms with Crippen LogP contribution in [0.15, 0.2) is 48.3 Å². The standard InChI is InChI=1S/C27H32N2O6/c1-25-9-7-18(30)12-16(25)5-6-19-20-8-10-27(34,26(20,2)13-21(31)23(19)25)22(32)15-35-24(33)29-17-4-3-11-28-14-17/h3-4,7,9,11-12,14,19-21,23,31,34H,5-6,8,10,13,15H2,1-2H3,(H,29,33)/t19?,20?,21-,23?,25?,26?,27-/m0/s1. The predicted octanol–water partition coefficient (Wildman–Crippen LogP) is 3.21. The largest absolute Gasteiger partial charge is 0.441 e. The van der Waals surface area contributed by atoms with Crippen molar-refractivity contribution < 1.29 is 29.3 Å². The topological polar surface area (TPSA) is 126 Å². The highest BCUT2D eigenvalue weighted by atomic mass is 16.6. The van der Waals surface area contributed by atoms with Gasteiger partial charge in [0.25, 0.3) is 0 Å². The Bertz CT molecular complexity index is 1120. The Morgan fingerprint density at radius 1 is 1.29 bits per heavy atom. The number of ether oxygens (including phenoxy) is 1. The van der Waals surface area contributed by atoms with Crippen LogP contribution in [0, 0.1) is 28.6 Å². The van der Waals surface area contributed by atoms with Gasteiger partial charge in [-0.2, -0.15) is 0 Å². The fourth-order valence-electron chi connectivity index (χ4n) is 7.63. The van der Waals surface area contributed by atoms with Crippen LogP contribution in [0.4, 0.5) is 10.5 Å². The summed E-state index contributed by atoms with van der Waals surface area (Å²) in [6.45, 7) is 3.43. The smallest absolute Gasteiger partial charge is 0.412 e. The zero-order valence-corrected chi connectivity index (χ0v) is 20.1. The fourth-order valence-corrected chi connectivity index (χ4v) is 7.63. The molecule has 4 aliphatic carbocycles. The van der Waals surface area contributed by atoms with Crippen molar-refractivity contribution in [2.45, 2.75) is 57.7 Å². The first-order valence-corrected chi connectivity index (χ1v) is 12.3. The van der Waals surface area contributed by atoms with Crippen LogP contribution in [0.5, 0.6) is 0 Å². The van der Waals surface area contributed by atoms with E-state index in [4.69, 9.17) is 4.74 Å². The summed E-state index contributed by atoms with van der Waals surface area (Å²) in [4.78, 5) is 41.3. The van der Waals surface area contributed by atoms with E-state index in [9.17, 15) is 24.6 Å². The molecule has 5 rings (SSSR count). The summed E-state index contributed by atoms with van der Waals surface area (Å²) in [6.07, 6.45) is 9.50. The Hall–Kier alpha value is -2.84. The van der Waals surface area contributed by atoms with Gasteiger partial charge in [-0.05, 0) is 68.2 Å². The van der Waals surface area contributed by atoms with Crippen molar-refractivity contribution in [1.82, 2.24) is 4.98 Å². The lowest BCUT2D eigenvalue weighted by molar-refractivity contribution is -0.178. The second-order valence-electron chi connectivity index (χ2n) is 11.0. The number of allylic oxidation sites excluding steroid dienone is 4. The summed E-state index contributed by atoms with van der Waals surface area (Å²) in [5.41, 5.74) is -1.43. The summed E-state index contributed by atoms with van der Waals surface area (Å²) in [5.74, 6) is -0.484. The van der Waals surface area contributed by atoms with Gasteiger partial charge < -0.3 is 14.9 Å². The van der Waals surface area contributed by atoms with Gasteiger partial charge >= 0.3 is 6.09 Å². The highest BCUT2D eigenvalue weighted by Crippen LogP contribution is 2.67. The van der Waals surface area contributed by atoms with E-state index in [0.717, 1.165) is 18.4 Å². The minimum atomic E-state index is -1.69. The minimum absolute atomic E-state index is 0.0144. The number of hydrogen-bond donors (Lipinski definition) is 3. The molecule has 8 nitrogen and oxygen atoms in total. The number of carbonyl (C=O) groups is 3. The average Bonchev–Trinajstić information content (AvgIpc) is 3.09. The molecule has 7 atom stereocenters. The van der Waals surface area contributed by atoms with E-state index in [2.05, 4.69) is 17.2 Å². The van der Waals surface area contributed by atoms with Crippen molar-refractivity contribution in [3.05, 3.63) is 48.3 Å². The molecule has 5 unspecified atom stereocenters. The highest BCUT2D eigenvalue weighted by Gasteiger charge is 2.68. The molecule has 1 aromatic heterocycles. The second-order valence-corrected chi connectivity index (χ2v) is 11.0. The number of anilines is 1. The summed E-state index contributed by atoms with van der Waals surface area (Å²) in [5, 5.41) is 25.6. The number of Topliss-reactive ketones (excluding diaryl/α,β-unsaturated/α-hetero) is 1. The maximum absolute atomic E-state index is 13.3. The van der Waals surface area contributed by atoms with Crippen LogP contribution in [0.25, 0.3) is 0 Å². The number of carbonyl (C=O) groups excluding carboxylic acids is 3. The molecule has 3 fully saturated rings. The van der Waals surface area contributed by atoms with E-state index < -0.39 is 41.0 Å². The number of pyridine rings is 1. The van der Waals surface area contributed by atoms with Crippen LogP contribution in [-0.2, 0) is 14.3 Å². The first-order valence-electron chi connectivity index (χ1n) is 12.3. The average molecular weight is 481 g/mol. The SMILES string of the molecule is CC12C=CC(=O)C=C1CCC1C2[C@@H](O)CC2(C)C1CC[C@]2(O)C(=O)COC(=O)Nc1cccnc1. The van der Waals surface area contributed by atoms with Crippen molar-refractivity contribution in [2.24, 2.45) is 28.6 Å². The zero-order valence-electron chi connectivity index (χ0n) is 20.1. The molecule has 8 heteroatoms. The van der Waals surface area contributed by atoms with Gasteiger partial charge in [0.05, 0.1) is 18.0 Å². The van der Waals surface area contributed by atoms with Gasteiger partial charge in [0, 0.05) is 22.9 Å². The van der Waals surface area contributed by atoms with Gasteiger partial charge in [0.1, 0.15) is 5.60 Å². The minimum Gasteiger partial charge on any atom is -0.441 e. The molecular formula is C27H32N2O6. The molecule has 1 heterocycles. The monoisotopic (exact) mass is 480 g/mol. The third-order valence-corrected chi connectivity index (χ3v) is 9.35. The highest BCUT2D eigenvalue weighted by molar-refractivity contribution is 6.01. The van der Waals surface area contributed by atoms with Gasteiger partial charge in [-0.25, -0.2) is 4.79 Å². The molecule has 4 aliphatic rings. The van der Waals surface area contributed by atoms with E-state index in [-0.39, 0.29) is 36.4 Å². The first kappa shape index (κ1) is 23.9. The Kier molecular flexibility index (Phi) is 5.72. The molecular weight excluding hydrogens is 448 g/mol. The lowest BCUT2D eigenvalue weighted by atomic mass is 9.46. The number of aliphatic hydroxyl groups is 2. The van der Waals surface area contributed by atoms with Crippen molar-refractivity contribution in [3.8, 4) is 0 Å². The summed E-state index contributed by atoms with van der Waals surface area (Å²) >= 11 is 0. The molecule has 3 N–H and O–H groups in total. The Morgan fingerprint density at radius 3 is 2.83 bits per heavy atom. The van der Waals surface area contributed by atoms with Gasteiger partial charge in [-0.15, -0.1) is 0 Å². The van der Waals surface area contributed by atoms with Gasteiger partial charge in [0.15, 0.2) is 12.4 Å². The Morgan fingerprint density at radius 2 is 2.09 bits per heavy atom. The van der Waals surface area contributed by atoms with Crippen molar-refractivity contribution >= 4 is 23.3 Å². The summed E-state index contributed by atoms with van der Waals surface area (Å²) < 4.78 is 5.14. The number of nitrogens with zero attached hydrogens (tertiary/aromatic N) is 1. The molecule has 186 valence electrons. The number of aliphatic hydroxyl groups excluding tert-OH is 1. The van der Waals surface area contributed by atoms with E-state index in [1.165, 1.54) is 6.20 Å². The van der Waals surface area contributed by atoms with Crippen molar-refractivity contribution in [3.63, 3.8) is 0 Å². The summed E-state index contributed by atoms with van der Waals surface area (Å²) in [6, 6.07) is 3.31. The number of nitrogens with one attached hydrogen (secondary N) is 1. The number of fused-ring (bicyclic) bond motifs is 5. The molecule has 3 saturated carbocycles. The number of rotatable bonds is 4. The van der Waals surface area contributed by atoms with Crippen LogP contribution in [-0.4, -0.2) is 51.2 Å². The molecule has 0 bridgehead atoms. The lowest BCUT2D eigenvalue weighted by Crippen LogP contribution is -2.61. The van der Waals surface area contributed by atoms with Crippen LogP contribution >= 0.6 is 0 Å². The predicted molar refractivity (Wildman–Crippen MR) is 127 cm³/mol. The number of aromatic nitrogens is 1. The lowest BCUT2D eigenvalue weighted by Gasteiger charge is -2.59. The third-order valence-electron chi connectivity index (χ3n) is 9.35. The number of ketones is 2. The van der Waals surface area contributed by atoms with Gasteiger partial charge in [-0.1, -0.05) is 25.5 Å². The van der Waals surface area contributed by atoms with E-state index in [0.29, 0.717) is 12.1 Å². The molecule has 1 aromatic rings. The van der Waals surface area contributed by atoms with Gasteiger partial charge in [-0.3, -0.25) is 19.9 Å². The maximum Gasteiger partial charge on any atom is 0.412 e. The first-order chi connectivity index (χ1) is 16.6. The van der Waals surface area contributed by atoms with E-state index in [1.807, 2.05) is 13.0 Å². The van der Waals surface area contributed by atoms with Crippen LogP contribution in [0.1, 0.15) is 46.0 Å². The van der Waals surface area contributed by atoms with Crippen molar-refractivity contribution in [1.29, 1.82) is 0 Å². The maximum atomic E-state index is 13.3. The summed E-state index contributed by atoms with van der Waals surface area (Å²) in [7, 11) is 0. The third kappa shape index (κ3) is 3.65. The second kappa shape index (κ2) is 8.38. The van der Waals surface area contributed by atoms with Crippen LogP contribution in [0.3, 0.4) is 0 Å². The molecule has 0 aromatic carbocycles. The Labute approximate surface area is 204 Å². The molecule has 35 heavy (non-hydrogen) atoms. The van der Waals surface area contributed by atoms with Gasteiger partial charge in [0.2, 0.25) is 5.78 Å². The molecule has 0 spiro atoms. The number of amides is 1. The molecule has 1 amide bonds.